The molecule has 0 aliphatic rings. The van der Waals surface area contributed by atoms with Crippen molar-refractivity contribution in [2.75, 3.05) is 12.4 Å². The summed E-state index contributed by atoms with van der Waals surface area (Å²) in [6, 6.07) is 14.9. The SMILES string of the molecule is COc1ccccc1C(C)(Nc1cccc(Br)c1)C(N)=O. The van der Waals surface area contributed by atoms with Gasteiger partial charge in [0, 0.05) is 15.7 Å². The van der Waals surface area contributed by atoms with E-state index in [0.717, 1.165) is 10.2 Å². The van der Waals surface area contributed by atoms with E-state index in [1.807, 2.05) is 42.5 Å². The number of hydrogen-bond acceptors (Lipinski definition) is 3. The molecule has 0 aliphatic carbocycles. The Morgan fingerprint density at radius 1 is 1.24 bits per heavy atom. The first-order chi connectivity index (χ1) is 9.97. The van der Waals surface area contributed by atoms with Gasteiger partial charge >= 0.3 is 0 Å². The second kappa shape index (κ2) is 6.18. The van der Waals surface area contributed by atoms with Crippen molar-refractivity contribution >= 4 is 27.5 Å². The largest absolute Gasteiger partial charge is 0.496 e. The van der Waals surface area contributed by atoms with Crippen LogP contribution in [-0.4, -0.2) is 13.0 Å². The second-order valence-electron chi connectivity index (χ2n) is 4.82. The number of hydrogen-bond donors (Lipinski definition) is 2. The molecule has 2 rings (SSSR count). The Hall–Kier alpha value is -2.01. The Morgan fingerprint density at radius 2 is 1.95 bits per heavy atom. The Bertz CT molecular complexity index is 660. The second-order valence-corrected chi connectivity index (χ2v) is 5.74. The monoisotopic (exact) mass is 348 g/mol. The van der Waals surface area contributed by atoms with E-state index in [-0.39, 0.29) is 0 Å². The third kappa shape index (κ3) is 3.19. The molecule has 5 heteroatoms. The molecule has 1 amide bonds. The summed E-state index contributed by atoms with van der Waals surface area (Å²) in [5.41, 5.74) is 6.05. The summed E-state index contributed by atoms with van der Waals surface area (Å²) in [7, 11) is 1.57. The van der Waals surface area contributed by atoms with E-state index in [9.17, 15) is 4.79 Å². The maximum absolute atomic E-state index is 12.1. The maximum atomic E-state index is 12.1. The van der Waals surface area contributed by atoms with Gasteiger partial charge in [-0.25, -0.2) is 0 Å². The lowest BCUT2D eigenvalue weighted by atomic mass is 9.90. The molecule has 0 saturated carbocycles. The van der Waals surface area contributed by atoms with E-state index in [4.69, 9.17) is 10.5 Å². The molecule has 0 aliphatic heterocycles. The number of halogens is 1. The van der Waals surface area contributed by atoms with Crippen LogP contribution in [0, 0.1) is 0 Å². The summed E-state index contributed by atoms with van der Waals surface area (Å²) >= 11 is 3.41. The number of nitrogens with one attached hydrogen (secondary N) is 1. The highest BCUT2D eigenvalue weighted by atomic mass is 79.9. The van der Waals surface area contributed by atoms with Crippen molar-refractivity contribution in [3.63, 3.8) is 0 Å². The number of para-hydroxylation sites is 1. The number of amides is 1. The van der Waals surface area contributed by atoms with E-state index in [2.05, 4.69) is 21.2 Å². The molecule has 0 bridgehead atoms. The number of ether oxygens (including phenoxy) is 1. The topological polar surface area (TPSA) is 64.3 Å². The van der Waals surface area contributed by atoms with Gasteiger partial charge in [0.2, 0.25) is 5.91 Å². The maximum Gasteiger partial charge on any atom is 0.247 e. The van der Waals surface area contributed by atoms with Crippen LogP contribution in [0.2, 0.25) is 0 Å². The quantitative estimate of drug-likeness (QED) is 0.871. The predicted molar refractivity (Wildman–Crippen MR) is 87.3 cm³/mol. The molecule has 2 aromatic carbocycles. The summed E-state index contributed by atoms with van der Waals surface area (Å²) in [5.74, 6) is 0.133. The fourth-order valence-corrected chi connectivity index (χ4v) is 2.57. The Labute approximate surface area is 132 Å². The number of anilines is 1. The molecule has 3 N–H and O–H groups in total. The fourth-order valence-electron chi connectivity index (χ4n) is 2.17. The Balaban J connectivity index is 2.48. The van der Waals surface area contributed by atoms with E-state index in [1.54, 1.807) is 20.1 Å². The minimum absolute atomic E-state index is 0.480. The lowest BCUT2D eigenvalue weighted by Gasteiger charge is -2.30. The zero-order valence-electron chi connectivity index (χ0n) is 11.9. The Morgan fingerprint density at radius 3 is 2.57 bits per heavy atom. The first kappa shape index (κ1) is 15.4. The fraction of sp³-hybridized carbons (Fsp3) is 0.188. The molecule has 1 unspecified atom stereocenters. The lowest BCUT2D eigenvalue weighted by molar-refractivity contribution is -0.122. The smallest absolute Gasteiger partial charge is 0.247 e. The van der Waals surface area contributed by atoms with Crippen LogP contribution in [0.3, 0.4) is 0 Å². The molecule has 0 fully saturated rings. The van der Waals surface area contributed by atoms with Crippen LogP contribution in [0.4, 0.5) is 5.69 Å². The van der Waals surface area contributed by atoms with E-state index >= 15 is 0 Å². The molecule has 2 aromatic rings. The highest BCUT2D eigenvalue weighted by Gasteiger charge is 2.35. The first-order valence-corrected chi connectivity index (χ1v) is 7.24. The number of benzene rings is 2. The van der Waals surface area contributed by atoms with Gasteiger partial charge in [-0.3, -0.25) is 4.79 Å². The van der Waals surface area contributed by atoms with Crippen molar-refractivity contribution < 1.29 is 9.53 Å². The van der Waals surface area contributed by atoms with Crippen LogP contribution in [0.5, 0.6) is 5.75 Å². The van der Waals surface area contributed by atoms with Crippen LogP contribution in [0.1, 0.15) is 12.5 Å². The van der Waals surface area contributed by atoms with Crippen molar-refractivity contribution in [1.29, 1.82) is 0 Å². The van der Waals surface area contributed by atoms with E-state index < -0.39 is 11.4 Å². The van der Waals surface area contributed by atoms with E-state index in [0.29, 0.717) is 11.3 Å². The van der Waals surface area contributed by atoms with Crippen molar-refractivity contribution in [1.82, 2.24) is 0 Å². The Kier molecular flexibility index (Phi) is 4.53. The van der Waals surface area contributed by atoms with E-state index in [1.165, 1.54) is 0 Å². The van der Waals surface area contributed by atoms with Crippen molar-refractivity contribution in [2.45, 2.75) is 12.5 Å². The van der Waals surface area contributed by atoms with Gasteiger partial charge in [-0.2, -0.15) is 0 Å². The van der Waals surface area contributed by atoms with Crippen molar-refractivity contribution in [3.05, 3.63) is 58.6 Å². The van der Waals surface area contributed by atoms with Gasteiger partial charge in [-0.05, 0) is 31.2 Å². The zero-order chi connectivity index (χ0) is 15.5. The van der Waals surface area contributed by atoms with Crippen LogP contribution in [0.25, 0.3) is 0 Å². The number of methoxy groups -OCH3 is 1. The van der Waals surface area contributed by atoms with Crippen molar-refractivity contribution in [3.8, 4) is 5.75 Å². The van der Waals surface area contributed by atoms with Gasteiger partial charge in [0.05, 0.1) is 7.11 Å². The van der Waals surface area contributed by atoms with Gasteiger partial charge in [0.25, 0.3) is 0 Å². The molecule has 0 spiro atoms. The van der Waals surface area contributed by atoms with Crippen molar-refractivity contribution in [2.24, 2.45) is 5.73 Å². The standard InChI is InChI=1S/C16H17BrN2O2/c1-16(15(18)20,13-8-3-4-9-14(13)21-2)19-12-7-5-6-11(17)10-12/h3-10,19H,1-2H3,(H2,18,20). The number of carbonyl (C=O) groups is 1. The summed E-state index contributed by atoms with van der Waals surface area (Å²) < 4.78 is 6.26. The first-order valence-electron chi connectivity index (χ1n) is 6.44. The van der Waals surface area contributed by atoms with Gasteiger partial charge in [0.15, 0.2) is 0 Å². The predicted octanol–water partition coefficient (Wildman–Crippen LogP) is 3.27. The third-order valence-corrected chi connectivity index (χ3v) is 3.85. The van der Waals surface area contributed by atoms with Gasteiger partial charge < -0.3 is 15.8 Å². The zero-order valence-corrected chi connectivity index (χ0v) is 13.5. The highest BCUT2D eigenvalue weighted by molar-refractivity contribution is 9.10. The summed E-state index contributed by atoms with van der Waals surface area (Å²) in [6.07, 6.45) is 0. The normalized spacial score (nSPS) is 13.3. The van der Waals surface area contributed by atoms with Gasteiger partial charge in [0.1, 0.15) is 11.3 Å². The average Bonchev–Trinajstić information content (AvgIpc) is 2.47. The summed E-state index contributed by atoms with van der Waals surface area (Å²) in [5, 5.41) is 3.20. The number of primary amides is 1. The number of carbonyl (C=O) groups excluding carboxylic acids is 1. The molecule has 0 saturated heterocycles. The van der Waals surface area contributed by atoms with Gasteiger partial charge in [-0.15, -0.1) is 0 Å². The molecule has 1 atom stereocenters. The minimum atomic E-state index is -1.08. The molecule has 21 heavy (non-hydrogen) atoms. The van der Waals surface area contributed by atoms with Crippen LogP contribution >= 0.6 is 15.9 Å². The summed E-state index contributed by atoms with van der Waals surface area (Å²) in [6.45, 7) is 1.74. The molecular weight excluding hydrogens is 332 g/mol. The lowest BCUT2D eigenvalue weighted by Crippen LogP contribution is -2.45. The third-order valence-electron chi connectivity index (χ3n) is 3.36. The molecule has 0 heterocycles. The molecule has 4 nitrogen and oxygen atoms in total. The number of rotatable bonds is 5. The van der Waals surface area contributed by atoms with Crippen LogP contribution < -0.4 is 15.8 Å². The number of nitrogens with two attached hydrogens (primary N) is 1. The molecule has 110 valence electrons. The molecule has 0 aromatic heterocycles. The summed E-state index contributed by atoms with van der Waals surface area (Å²) in [4.78, 5) is 12.1. The van der Waals surface area contributed by atoms with Crippen LogP contribution in [0.15, 0.2) is 53.0 Å². The average molecular weight is 349 g/mol. The van der Waals surface area contributed by atoms with Crippen LogP contribution in [-0.2, 0) is 10.3 Å². The molecule has 0 radical (unpaired) electrons. The molecular formula is C16H17BrN2O2. The highest BCUT2D eigenvalue weighted by Crippen LogP contribution is 2.33. The van der Waals surface area contributed by atoms with Gasteiger partial charge in [-0.1, -0.05) is 40.2 Å². The minimum Gasteiger partial charge on any atom is -0.496 e.